The molecule has 0 saturated heterocycles. The molecule has 0 spiro atoms. The summed E-state index contributed by atoms with van der Waals surface area (Å²) in [6.07, 6.45) is 2.65. The number of hydrazine groups is 1. The molecule has 4 rings (SSSR count). The molecule has 0 radical (unpaired) electrons. The number of nitrogens with one attached hydrogen (secondary N) is 2. The summed E-state index contributed by atoms with van der Waals surface area (Å²) in [5.74, 6) is -0.375. The fourth-order valence-electron chi connectivity index (χ4n) is 2.82. The van der Waals surface area contributed by atoms with Crippen molar-refractivity contribution in [3.05, 3.63) is 81.7 Å². The van der Waals surface area contributed by atoms with Crippen LogP contribution in [-0.4, -0.2) is 32.4 Å². The van der Waals surface area contributed by atoms with Crippen LogP contribution in [0.1, 0.15) is 0 Å². The molecule has 2 aromatic heterocycles. The highest BCUT2D eigenvalue weighted by molar-refractivity contribution is 9.10. The fraction of sp³-hybridized carbons (Fsp3) is 0.0476. The van der Waals surface area contributed by atoms with Crippen LogP contribution >= 0.6 is 15.9 Å². The number of pyridine rings is 1. The Kier molecular flexibility index (Phi) is 6.55. The quantitative estimate of drug-likeness (QED) is 0.265. The summed E-state index contributed by atoms with van der Waals surface area (Å²) in [6, 6.07) is 15.7. The minimum Gasteiger partial charge on any atom is -0.484 e. The van der Waals surface area contributed by atoms with E-state index in [1.807, 2.05) is 12.1 Å². The van der Waals surface area contributed by atoms with E-state index < -0.39 is 16.5 Å². The molecule has 166 valence electrons. The third kappa shape index (κ3) is 5.13. The molecule has 2 heterocycles. The Bertz CT molecular complexity index is 1320. The standard InChI is InChI=1S/C21H15BrN6O5/c22-15-8-9-16(18-14(15)7-4-10-23-18)33-21-19(28(30)31)20(24-12-25-21)27-26-17(29)11-32-13-5-2-1-3-6-13/h1-10,12H,11H2,(H,26,29)(H,24,25,27). The Morgan fingerprint density at radius 2 is 1.88 bits per heavy atom. The van der Waals surface area contributed by atoms with Gasteiger partial charge in [-0.25, -0.2) is 4.98 Å². The van der Waals surface area contributed by atoms with Crippen molar-refractivity contribution >= 4 is 44.2 Å². The van der Waals surface area contributed by atoms with Gasteiger partial charge in [0.25, 0.3) is 5.91 Å². The Morgan fingerprint density at radius 3 is 2.67 bits per heavy atom. The van der Waals surface area contributed by atoms with Crippen molar-refractivity contribution in [2.75, 3.05) is 12.0 Å². The Hall–Kier alpha value is -4.32. The summed E-state index contributed by atoms with van der Waals surface area (Å²) in [5, 5.41) is 12.5. The van der Waals surface area contributed by atoms with Crippen molar-refractivity contribution < 1.29 is 19.2 Å². The van der Waals surface area contributed by atoms with Gasteiger partial charge >= 0.3 is 11.6 Å². The van der Waals surface area contributed by atoms with Gasteiger partial charge in [0.15, 0.2) is 12.4 Å². The summed E-state index contributed by atoms with van der Waals surface area (Å²) in [4.78, 5) is 35.1. The summed E-state index contributed by atoms with van der Waals surface area (Å²) < 4.78 is 11.9. The third-order valence-electron chi connectivity index (χ3n) is 4.29. The predicted molar refractivity (Wildman–Crippen MR) is 122 cm³/mol. The van der Waals surface area contributed by atoms with Crippen molar-refractivity contribution in [2.45, 2.75) is 0 Å². The maximum absolute atomic E-state index is 12.1. The van der Waals surface area contributed by atoms with Crippen LogP contribution in [0.5, 0.6) is 17.4 Å². The number of nitro groups is 1. The lowest BCUT2D eigenvalue weighted by atomic mass is 10.2. The highest BCUT2D eigenvalue weighted by atomic mass is 79.9. The van der Waals surface area contributed by atoms with Crippen LogP contribution in [0.2, 0.25) is 0 Å². The zero-order valence-electron chi connectivity index (χ0n) is 16.8. The number of hydrogen-bond donors (Lipinski definition) is 2. The normalized spacial score (nSPS) is 10.5. The molecule has 0 aliphatic rings. The van der Waals surface area contributed by atoms with Crippen LogP contribution in [-0.2, 0) is 4.79 Å². The van der Waals surface area contributed by atoms with Crippen molar-refractivity contribution in [1.82, 2.24) is 20.4 Å². The van der Waals surface area contributed by atoms with Crippen LogP contribution in [0, 0.1) is 10.1 Å². The van der Waals surface area contributed by atoms with Crippen molar-refractivity contribution in [3.8, 4) is 17.4 Å². The van der Waals surface area contributed by atoms with E-state index in [0.29, 0.717) is 11.3 Å². The van der Waals surface area contributed by atoms with Gasteiger partial charge in [0.1, 0.15) is 17.6 Å². The van der Waals surface area contributed by atoms with Gasteiger partial charge in [-0.1, -0.05) is 40.2 Å². The topological polar surface area (TPSA) is 141 Å². The van der Waals surface area contributed by atoms with Gasteiger partial charge in [-0.15, -0.1) is 0 Å². The second-order valence-corrected chi connectivity index (χ2v) is 7.31. The molecule has 0 saturated carbocycles. The van der Waals surface area contributed by atoms with Gasteiger partial charge in [0.05, 0.1) is 4.92 Å². The molecule has 33 heavy (non-hydrogen) atoms. The van der Waals surface area contributed by atoms with E-state index in [9.17, 15) is 14.9 Å². The molecule has 2 N–H and O–H groups in total. The van der Waals surface area contributed by atoms with E-state index in [4.69, 9.17) is 9.47 Å². The number of halogens is 1. The average Bonchev–Trinajstić information content (AvgIpc) is 2.84. The number of carbonyl (C=O) groups is 1. The van der Waals surface area contributed by atoms with E-state index in [-0.39, 0.29) is 24.1 Å². The number of fused-ring (bicyclic) bond motifs is 1. The Balaban J connectivity index is 1.52. The first-order chi connectivity index (χ1) is 16.0. The molecule has 1 amide bonds. The van der Waals surface area contributed by atoms with Gasteiger partial charge in [-0.2, -0.15) is 4.98 Å². The molecule has 12 heteroatoms. The van der Waals surface area contributed by atoms with Crippen LogP contribution < -0.4 is 20.3 Å². The minimum atomic E-state index is -0.710. The summed E-state index contributed by atoms with van der Waals surface area (Å²) in [6.45, 7) is -0.310. The first-order valence-electron chi connectivity index (χ1n) is 9.46. The highest BCUT2D eigenvalue weighted by Gasteiger charge is 2.26. The zero-order chi connectivity index (χ0) is 23.2. The van der Waals surface area contributed by atoms with Gasteiger partial charge in [-0.05, 0) is 30.3 Å². The second kappa shape index (κ2) is 9.87. The maximum Gasteiger partial charge on any atom is 0.374 e. The van der Waals surface area contributed by atoms with E-state index in [1.165, 1.54) is 0 Å². The molecule has 4 aromatic rings. The number of hydrogen-bond acceptors (Lipinski definition) is 9. The number of ether oxygens (including phenoxy) is 2. The molecular weight excluding hydrogens is 496 g/mol. The molecular formula is C21H15BrN6O5. The number of carbonyl (C=O) groups excluding carboxylic acids is 1. The molecule has 11 nitrogen and oxygen atoms in total. The lowest BCUT2D eigenvalue weighted by Crippen LogP contribution is -2.34. The van der Waals surface area contributed by atoms with E-state index in [0.717, 1.165) is 16.2 Å². The highest BCUT2D eigenvalue weighted by Crippen LogP contribution is 2.37. The number of anilines is 1. The van der Waals surface area contributed by atoms with Gasteiger partial charge in [0.2, 0.25) is 5.82 Å². The lowest BCUT2D eigenvalue weighted by Gasteiger charge is -2.12. The third-order valence-corrected chi connectivity index (χ3v) is 4.98. The monoisotopic (exact) mass is 510 g/mol. The Morgan fingerprint density at radius 1 is 1.06 bits per heavy atom. The molecule has 0 fully saturated rings. The largest absolute Gasteiger partial charge is 0.484 e. The first-order valence-corrected chi connectivity index (χ1v) is 10.3. The van der Waals surface area contributed by atoms with E-state index in [2.05, 4.69) is 41.7 Å². The molecule has 0 aliphatic heterocycles. The van der Waals surface area contributed by atoms with E-state index in [1.54, 1.807) is 48.7 Å². The van der Waals surface area contributed by atoms with Crippen molar-refractivity contribution in [2.24, 2.45) is 0 Å². The minimum absolute atomic E-state index is 0.257. The van der Waals surface area contributed by atoms with Crippen molar-refractivity contribution in [3.63, 3.8) is 0 Å². The number of nitrogens with zero attached hydrogens (tertiary/aromatic N) is 4. The molecule has 0 aliphatic carbocycles. The number of aromatic nitrogens is 3. The van der Waals surface area contributed by atoms with Crippen LogP contribution in [0.4, 0.5) is 11.5 Å². The summed E-state index contributed by atoms with van der Waals surface area (Å²) >= 11 is 3.44. The number of rotatable bonds is 8. The van der Waals surface area contributed by atoms with Gasteiger partial charge in [0, 0.05) is 16.1 Å². The van der Waals surface area contributed by atoms with Gasteiger partial charge < -0.3 is 9.47 Å². The second-order valence-electron chi connectivity index (χ2n) is 6.46. The fourth-order valence-corrected chi connectivity index (χ4v) is 3.27. The average molecular weight is 511 g/mol. The SMILES string of the molecule is O=C(COc1ccccc1)NNc1ncnc(Oc2ccc(Br)c3cccnc23)c1[N+](=O)[O-]. The lowest BCUT2D eigenvalue weighted by molar-refractivity contribution is -0.385. The molecule has 0 unspecified atom stereocenters. The number of amides is 1. The molecule has 0 atom stereocenters. The van der Waals surface area contributed by atoms with Crippen LogP contribution in [0.15, 0.2) is 71.6 Å². The zero-order valence-corrected chi connectivity index (χ0v) is 18.4. The van der Waals surface area contributed by atoms with E-state index >= 15 is 0 Å². The number of benzene rings is 2. The van der Waals surface area contributed by atoms with Crippen LogP contribution in [0.25, 0.3) is 10.9 Å². The summed E-state index contributed by atoms with van der Waals surface area (Å²) in [5.41, 5.74) is 4.66. The smallest absolute Gasteiger partial charge is 0.374 e. The summed E-state index contributed by atoms with van der Waals surface area (Å²) in [7, 11) is 0. The van der Waals surface area contributed by atoms with Crippen LogP contribution in [0.3, 0.4) is 0 Å². The predicted octanol–water partition coefficient (Wildman–Crippen LogP) is 4.01. The molecule has 2 aromatic carbocycles. The molecule has 0 bridgehead atoms. The number of para-hydroxylation sites is 1. The van der Waals surface area contributed by atoms with Crippen molar-refractivity contribution in [1.29, 1.82) is 0 Å². The Labute approximate surface area is 195 Å². The maximum atomic E-state index is 12.1. The van der Waals surface area contributed by atoms with Gasteiger partial charge in [-0.3, -0.25) is 30.7 Å². The first kappa shape index (κ1) is 21.9.